The van der Waals surface area contributed by atoms with E-state index in [1.54, 1.807) is 42.5 Å². The number of benzene rings is 2. The van der Waals surface area contributed by atoms with Crippen molar-refractivity contribution < 1.29 is 28.0 Å². The molecule has 0 fully saturated rings. The Hall–Kier alpha value is -2.96. The van der Waals surface area contributed by atoms with E-state index < -0.39 is 11.5 Å². The summed E-state index contributed by atoms with van der Waals surface area (Å²) in [5.41, 5.74) is 1.90. The van der Waals surface area contributed by atoms with Crippen molar-refractivity contribution in [3.63, 3.8) is 0 Å². The Morgan fingerprint density at radius 3 is 2.67 bits per heavy atom. The first-order valence-corrected chi connectivity index (χ1v) is 10.5. The van der Waals surface area contributed by atoms with Gasteiger partial charge in [-0.25, -0.2) is 4.39 Å². The van der Waals surface area contributed by atoms with E-state index in [1.807, 2.05) is 30.5 Å². The first kappa shape index (κ1) is 28.1. The predicted octanol–water partition coefficient (Wildman–Crippen LogP) is 3.00. The molecule has 0 spiro atoms. The largest absolute Gasteiger partial charge is 1.00 e. The van der Waals surface area contributed by atoms with Crippen LogP contribution in [0, 0.1) is 35.9 Å². The summed E-state index contributed by atoms with van der Waals surface area (Å²) in [7, 11) is 0. The molecule has 0 amide bonds. The molecule has 3 aromatic rings. The number of carbonyl (C=O) groups excluding carboxylic acids is 1. The van der Waals surface area contributed by atoms with Gasteiger partial charge in [-0.2, -0.15) is 5.26 Å². The third-order valence-corrected chi connectivity index (χ3v) is 6.34. The van der Waals surface area contributed by atoms with E-state index in [2.05, 4.69) is 24.0 Å². The van der Waals surface area contributed by atoms with Gasteiger partial charge in [0.1, 0.15) is 5.82 Å². The van der Waals surface area contributed by atoms with Crippen molar-refractivity contribution in [1.29, 1.82) is 10.7 Å². The molecule has 2 atom stereocenters. The van der Waals surface area contributed by atoms with Crippen LogP contribution in [-0.2, 0) is 10.3 Å². The number of hydrogen-bond donors (Lipinski definition) is 2. The van der Waals surface area contributed by atoms with Crippen LogP contribution in [0.5, 0.6) is 0 Å². The third kappa shape index (κ3) is 6.52. The zero-order valence-corrected chi connectivity index (χ0v) is 19.7. The summed E-state index contributed by atoms with van der Waals surface area (Å²) in [5.74, 6) is -0.966. The molecule has 3 rings (SSSR count). The molecule has 0 aliphatic rings. The standard InChI is InChI=1S/C25H20FN3OS.CH3.Li/c1-25(29-17-28,22(15-30)10-5-8-19-7-2-3-11-23(19)26)24-13-21(16-31-24)20-9-4-6-18(12-20)14-27;;/h2-9,11-13,16,22H,10H2,1H3,(H2,28,29);1H3;/q-2;-1;+1/b8-5+;;/t22?,25-;;/m0../s1. The van der Waals surface area contributed by atoms with Crippen molar-refractivity contribution in [2.45, 2.75) is 18.9 Å². The predicted molar refractivity (Wildman–Crippen MR) is 128 cm³/mol. The van der Waals surface area contributed by atoms with Gasteiger partial charge >= 0.3 is 18.9 Å². The Morgan fingerprint density at radius 1 is 1.24 bits per heavy atom. The summed E-state index contributed by atoms with van der Waals surface area (Å²) in [5, 5.41) is 21.4. The number of allylic oxidation sites excluding steroid dienone is 1. The number of nitrogens with zero attached hydrogens (tertiary/aromatic N) is 1. The zero-order chi connectivity index (χ0) is 22.3. The molecular weight excluding hydrogens is 428 g/mol. The molecule has 4 nitrogen and oxygen atoms in total. The first-order valence-electron chi connectivity index (χ1n) is 9.59. The monoisotopic (exact) mass is 451 g/mol. The Labute approximate surface area is 210 Å². The van der Waals surface area contributed by atoms with Crippen LogP contribution < -0.4 is 24.2 Å². The van der Waals surface area contributed by atoms with Crippen LogP contribution in [-0.4, -0.2) is 12.6 Å². The molecule has 0 aliphatic heterocycles. The fourth-order valence-electron chi connectivity index (χ4n) is 3.32. The molecule has 0 saturated heterocycles. The minimum Gasteiger partial charge on any atom is -0.543 e. The van der Waals surface area contributed by atoms with E-state index in [-0.39, 0.29) is 32.1 Å². The average molecular weight is 451 g/mol. The number of hydrogen-bond acceptors (Lipinski definition) is 4. The van der Waals surface area contributed by atoms with E-state index in [4.69, 9.17) is 10.7 Å². The molecule has 0 bridgehead atoms. The van der Waals surface area contributed by atoms with Crippen molar-refractivity contribution >= 4 is 30.0 Å². The molecule has 1 aromatic heterocycles. The Bertz CT molecular complexity index is 1150. The molecular formula is C26H23FLiN3OS-2. The number of rotatable bonds is 9. The maximum atomic E-state index is 13.8. The third-order valence-electron chi connectivity index (χ3n) is 5.17. The van der Waals surface area contributed by atoms with Crippen molar-refractivity contribution in [3.8, 4) is 17.2 Å². The zero-order valence-electron chi connectivity index (χ0n) is 18.9. The van der Waals surface area contributed by atoms with Gasteiger partial charge in [0.2, 0.25) is 0 Å². The van der Waals surface area contributed by atoms with Gasteiger partial charge in [0.05, 0.1) is 11.6 Å². The summed E-state index contributed by atoms with van der Waals surface area (Å²) in [6, 6.07) is 17.8. The van der Waals surface area contributed by atoms with Crippen LogP contribution in [0.2, 0.25) is 0 Å². The van der Waals surface area contributed by atoms with Gasteiger partial charge in [-0.1, -0.05) is 48.9 Å². The number of nitrogens with one attached hydrogen (secondary N) is 2. The van der Waals surface area contributed by atoms with Crippen LogP contribution in [0.15, 0.2) is 66.1 Å². The number of thiophene rings is 1. The van der Waals surface area contributed by atoms with Gasteiger partial charge in [-0.3, -0.25) is 6.29 Å². The summed E-state index contributed by atoms with van der Waals surface area (Å²) >= 11 is 1.45. The fourth-order valence-corrected chi connectivity index (χ4v) is 4.41. The van der Waals surface area contributed by atoms with Gasteiger partial charge in [0.25, 0.3) is 0 Å². The van der Waals surface area contributed by atoms with Crippen molar-refractivity contribution in [2.24, 2.45) is 5.92 Å². The van der Waals surface area contributed by atoms with Crippen molar-refractivity contribution in [1.82, 2.24) is 5.32 Å². The second-order valence-corrected chi connectivity index (χ2v) is 8.09. The second kappa shape index (κ2) is 12.9. The second-order valence-electron chi connectivity index (χ2n) is 7.17. The first-order chi connectivity index (χ1) is 15.0. The van der Waals surface area contributed by atoms with Crippen LogP contribution in [0.3, 0.4) is 0 Å². The van der Waals surface area contributed by atoms with Gasteiger partial charge in [0.15, 0.2) is 0 Å². The van der Waals surface area contributed by atoms with Crippen LogP contribution >= 0.6 is 11.3 Å². The maximum Gasteiger partial charge on any atom is 1.00 e. The topological polar surface area (TPSA) is 76.7 Å². The smallest absolute Gasteiger partial charge is 0.543 e. The van der Waals surface area contributed by atoms with Crippen LogP contribution in [0.1, 0.15) is 29.3 Å². The molecule has 0 radical (unpaired) electrons. The van der Waals surface area contributed by atoms with Gasteiger partial charge < -0.3 is 29.3 Å². The molecule has 1 unspecified atom stereocenters. The normalized spacial score (nSPS) is 13.0. The summed E-state index contributed by atoms with van der Waals surface area (Å²) in [6.45, 7) is 1.82. The maximum absolute atomic E-state index is 13.8. The molecule has 0 aliphatic carbocycles. The van der Waals surface area contributed by atoms with Gasteiger partial charge in [0, 0.05) is 16.0 Å². The van der Waals surface area contributed by atoms with Crippen LogP contribution in [0.4, 0.5) is 4.39 Å². The number of halogens is 1. The quantitative estimate of drug-likeness (QED) is 0.173. The number of nitriles is 1. The van der Waals surface area contributed by atoms with E-state index >= 15 is 0 Å². The summed E-state index contributed by atoms with van der Waals surface area (Å²) < 4.78 is 13.8. The summed E-state index contributed by atoms with van der Waals surface area (Å²) in [4.78, 5) is 12.7. The Balaban J connectivity index is 0.00000272. The van der Waals surface area contributed by atoms with Gasteiger partial charge in [-0.05, 0) is 47.7 Å². The molecule has 164 valence electrons. The molecule has 7 heteroatoms. The summed E-state index contributed by atoms with van der Waals surface area (Å²) in [6.07, 6.45) is 7.97. The van der Waals surface area contributed by atoms with Crippen molar-refractivity contribution in [2.75, 3.05) is 0 Å². The minimum atomic E-state index is -0.918. The van der Waals surface area contributed by atoms with E-state index in [1.165, 1.54) is 17.4 Å². The van der Waals surface area contributed by atoms with E-state index in [0.29, 0.717) is 17.5 Å². The molecule has 2 aromatic carbocycles. The van der Waals surface area contributed by atoms with Crippen molar-refractivity contribution in [3.05, 3.63) is 95.3 Å². The molecule has 0 saturated carbocycles. The van der Waals surface area contributed by atoms with E-state index in [9.17, 15) is 9.18 Å². The van der Waals surface area contributed by atoms with E-state index in [0.717, 1.165) is 16.0 Å². The molecule has 1 heterocycles. The SMILES string of the molecule is C[C@@](N[C-]=N)(c1cc(-c2cccc(C#N)c2)cs1)C([C-]=O)C/C=C/c1ccccc1F.[CH3-].[Li+]. The molecule has 2 N–H and O–H groups in total. The fraction of sp³-hybridized carbons (Fsp3) is 0.154. The Kier molecular flexibility index (Phi) is 11.0. The van der Waals surface area contributed by atoms with Gasteiger partial charge in [-0.15, -0.1) is 17.3 Å². The van der Waals surface area contributed by atoms with Crippen LogP contribution in [0.25, 0.3) is 17.2 Å². The molecule has 33 heavy (non-hydrogen) atoms. The average Bonchev–Trinajstić information content (AvgIpc) is 3.29. The minimum absolute atomic E-state index is 0. The Morgan fingerprint density at radius 2 is 2.00 bits per heavy atom.